The van der Waals surface area contributed by atoms with E-state index in [9.17, 15) is 8.42 Å². The number of rotatable bonds is 9. The summed E-state index contributed by atoms with van der Waals surface area (Å²) in [7, 11) is -3.54. The Labute approximate surface area is 180 Å². The number of ether oxygens (including phenoxy) is 2. The van der Waals surface area contributed by atoms with Crippen molar-refractivity contribution >= 4 is 10.0 Å². The van der Waals surface area contributed by atoms with E-state index in [4.69, 9.17) is 9.47 Å². The van der Waals surface area contributed by atoms with Crippen LogP contribution in [0.4, 0.5) is 0 Å². The number of morpholine rings is 1. The molecule has 3 rings (SSSR count). The predicted molar refractivity (Wildman–Crippen MR) is 118 cm³/mol. The van der Waals surface area contributed by atoms with Gasteiger partial charge in [0.15, 0.2) is 0 Å². The Bertz CT molecular complexity index is 908. The number of hydrogen-bond donors (Lipinski definition) is 1. The van der Waals surface area contributed by atoms with Crippen molar-refractivity contribution in [3.8, 4) is 5.75 Å². The molecular formula is C23H32N2O4S. The highest BCUT2D eigenvalue weighted by molar-refractivity contribution is 7.89. The summed E-state index contributed by atoms with van der Waals surface area (Å²) in [6.07, 6.45) is 0.821. The lowest BCUT2D eigenvalue weighted by molar-refractivity contribution is -0.0300. The fourth-order valence-corrected chi connectivity index (χ4v) is 5.05. The van der Waals surface area contributed by atoms with Crippen LogP contribution >= 0.6 is 0 Å². The topological polar surface area (TPSA) is 67.9 Å². The van der Waals surface area contributed by atoms with Crippen molar-refractivity contribution in [2.75, 3.05) is 39.4 Å². The molecule has 0 aromatic heterocycles. The lowest BCUT2D eigenvalue weighted by Gasteiger charge is -2.33. The number of hydrogen-bond acceptors (Lipinski definition) is 5. The van der Waals surface area contributed by atoms with E-state index >= 15 is 0 Å². The third-order valence-corrected chi connectivity index (χ3v) is 6.74. The Morgan fingerprint density at radius 1 is 1.17 bits per heavy atom. The molecule has 1 N–H and O–H groups in total. The molecule has 7 heteroatoms. The highest BCUT2D eigenvalue weighted by Gasteiger charge is 2.22. The zero-order chi connectivity index (χ0) is 21.6. The molecule has 0 aliphatic carbocycles. The monoisotopic (exact) mass is 432 g/mol. The first kappa shape index (κ1) is 22.7. The van der Waals surface area contributed by atoms with Crippen LogP contribution in [0, 0.1) is 13.8 Å². The molecule has 1 unspecified atom stereocenters. The molecule has 0 bridgehead atoms. The van der Waals surface area contributed by atoms with Gasteiger partial charge in [0.1, 0.15) is 5.75 Å². The zero-order valence-corrected chi connectivity index (χ0v) is 18.9. The van der Waals surface area contributed by atoms with Crippen LogP contribution in [0.5, 0.6) is 5.75 Å². The molecule has 1 fully saturated rings. The molecule has 30 heavy (non-hydrogen) atoms. The standard InChI is InChI=1S/C23H32N2O4S/c1-4-28-23-18(2)15-21(16-19(23)3)30(26,27)24-11-8-12-25-13-14-29-22(17-25)20-9-6-5-7-10-20/h5-7,9-10,15-16,22,24H,4,8,11-14,17H2,1-3H3. The van der Waals surface area contributed by atoms with Gasteiger partial charge in [-0.1, -0.05) is 30.3 Å². The Hall–Kier alpha value is -1.93. The van der Waals surface area contributed by atoms with Crippen LogP contribution in [0.15, 0.2) is 47.4 Å². The first-order valence-electron chi connectivity index (χ1n) is 10.5. The van der Waals surface area contributed by atoms with Crippen molar-refractivity contribution in [1.29, 1.82) is 0 Å². The quantitative estimate of drug-likeness (QED) is 0.615. The van der Waals surface area contributed by atoms with Gasteiger partial charge in [0, 0.05) is 19.6 Å². The third-order valence-electron chi connectivity index (χ3n) is 5.30. The fraction of sp³-hybridized carbons (Fsp3) is 0.478. The van der Waals surface area contributed by atoms with E-state index < -0.39 is 10.0 Å². The summed E-state index contributed by atoms with van der Waals surface area (Å²) in [6, 6.07) is 13.6. The van der Waals surface area contributed by atoms with Crippen LogP contribution < -0.4 is 9.46 Å². The Kier molecular flexibility index (Phi) is 7.88. The van der Waals surface area contributed by atoms with E-state index in [-0.39, 0.29) is 11.0 Å². The summed E-state index contributed by atoms with van der Waals surface area (Å²) in [4.78, 5) is 2.62. The molecule has 1 heterocycles. The van der Waals surface area contributed by atoms with Crippen LogP contribution in [-0.4, -0.2) is 52.7 Å². The van der Waals surface area contributed by atoms with Gasteiger partial charge in [-0.3, -0.25) is 4.90 Å². The van der Waals surface area contributed by atoms with Crippen molar-refractivity contribution in [3.05, 3.63) is 59.2 Å². The van der Waals surface area contributed by atoms with Gasteiger partial charge in [-0.15, -0.1) is 0 Å². The van der Waals surface area contributed by atoms with Crippen LogP contribution in [0.25, 0.3) is 0 Å². The molecule has 0 radical (unpaired) electrons. The Morgan fingerprint density at radius 3 is 2.53 bits per heavy atom. The highest BCUT2D eigenvalue weighted by Crippen LogP contribution is 2.27. The summed E-state index contributed by atoms with van der Waals surface area (Å²) in [6.45, 7) is 9.84. The third kappa shape index (κ3) is 5.82. The lowest BCUT2D eigenvalue weighted by Crippen LogP contribution is -2.39. The van der Waals surface area contributed by atoms with E-state index in [1.165, 1.54) is 5.56 Å². The number of aryl methyl sites for hydroxylation is 2. The van der Waals surface area contributed by atoms with Gasteiger partial charge in [0.2, 0.25) is 10.0 Å². The fourth-order valence-electron chi connectivity index (χ4n) is 3.81. The molecular weight excluding hydrogens is 400 g/mol. The summed E-state index contributed by atoms with van der Waals surface area (Å²) >= 11 is 0. The van der Waals surface area contributed by atoms with E-state index in [1.54, 1.807) is 12.1 Å². The molecule has 0 spiro atoms. The lowest BCUT2D eigenvalue weighted by atomic mass is 10.1. The van der Waals surface area contributed by atoms with Crippen molar-refractivity contribution in [2.45, 2.75) is 38.2 Å². The average molecular weight is 433 g/mol. The molecule has 164 valence electrons. The van der Waals surface area contributed by atoms with Gasteiger partial charge in [0.25, 0.3) is 0 Å². The van der Waals surface area contributed by atoms with E-state index in [0.717, 1.165) is 42.9 Å². The molecule has 1 saturated heterocycles. The highest BCUT2D eigenvalue weighted by atomic mass is 32.2. The number of benzene rings is 2. The largest absolute Gasteiger partial charge is 0.493 e. The summed E-state index contributed by atoms with van der Waals surface area (Å²) in [5.41, 5.74) is 2.85. The minimum atomic E-state index is -3.54. The van der Waals surface area contributed by atoms with Gasteiger partial charge in [0.05, 0.1) is 24.2 Å². The van der Waals surface area contributed by atoms with Crippen LogP contribution in [0.3, 0.4) is 0 Å². The maximum Gasteiger partial charge on any atom is 0.240 e. The van der Waals surface area contributed by atoms with Crippen molar-refractivity contribution in [2.24, 2.45) is 0 Å². The van der Waals surface area contributed by atoms with Gasteiger partial charge in [-0.2, -0.15) is 0 Å². The second-order valence-electron chi connectivity index (χ2n) is 7.64. The van der Waals surface area contributed by atoms with Crippen molar-refractivity contribution in [1.82, 2.24) is 9.62 Å². The predicted octanol–water partition coefficient (Wildman–Crippen LogP) is 3.44. The zero-order valence-electron chi connectivity index (χ0n) is 18.1. The maximum atomic E-state index is 12.7. The first-order chi connectivity index (χ1) is 14.4. The Balaban J connectivity index is 1.51. The van der Waals surface area contributed by atoms with Gasteiger partial charge < -0.3 is 9.47 Å². The van der Waals surface area contributed by atoms with Gasteiger partial charge >= 0.3 is 0 Å². The normalized spacial score (nSPS) is 17.8. The van der Waals surface area contributed by atoms with E-state index in [1.807, 2.05) is 39.0 Å². The number of nitrogens with zero attached hydrogens (tertiary/aromatic N) is 1. The summed E-state index contributed by atoms with van der Waals surface area (Å²) in [5, 5.41) is 0. The van der Waals surface area contributed by atoms with E-state index in [2.05, 4.69) is 21.8 Å². The van der Waals surface area contributed by atoms with Gasteiger partial charge in [-0.25, -0.2) is 13.1 Å². The SMILES string of the molecule is CCOc1c(C)cc(S(=O)(=O)NCCCN2CCOC(c3ccccc3)C2)cc1C. The molecule has 1 aliphatic heterocycles. The molecule has 2 aromatic carbocycles. The first-order valence-corrected chi connectivity index (χ1v) is 12.0. The maximum absolute atomic E-state index is 12.7. The molecule has 2 aromatic rings. The average Bonchev–Trinajstić information content (AvgIpc) is 2.74. The minimum Gasteiger partial charge on any atom is -0.493 e. The van der Waals surface area contributed by atoms with Crippen LogP contribution in [0.2, 0.25) is 0 Å². The van der Waals surface area contributed by atoms with Crippen LogP contribution in [0.1, 0.15) is 36.1 Å². The summed E-state index contributed by atoms with van der Waals surface area (Å²) in [5.74, 6) is 0.761. The minimum absolute atomic E-state index is 0.0754. The Morgan fingerprint density at radius 2 is 1.87 bits per heavy atom. The number of sulfonamides is 1. The molecule has 6 nitrogen and oxygen atoms in total. The molecule has 1 aliphatic rings. The van der Waals surface area contributed by atoms with Gasteiger partial charge in [-0.05, 0) is 62.6 Å². The molecule has 1 atom stereocenters. The number of nitrogens with one attached hydrogen (secondary N) is 1. The molecule has 0 saturated carbocycles. The smallest absolute Gasteiger partial charge is 0.240 e. The molecule has 0 amide bonds. The second-order valence-corrected chi connectivity index (χ2v) is 9.41. The second kappa shape index (κ2) is 10.4. The summed E-state index contributed by atoms with van der Waals surface area (Å²) < 4.78 is 39.7. The van der Waals surface area contributed by atoms with E-state index in [0.29, 0.717) is 19.8 Å². The van der Waals surface area contributed by atoms with Crippen molar-refractivity contribution < 1.29 is 17.9 Å². The van der Waals surface area contributed by atoms with Crippen molar-refractivity contribution in [3.63, 3.8) is 0 Å². The van der Waals surface area contributed by atoms with Crippen LogP contribution in [-0.2, 0) is 14.8 Å².